The van der Waals surface area contributed by atoms with Crippen LogP contribution in [0.3, 0.4) is 0 Å². The lowest BCUT2D eigenvalue weighted by Gasteiger charge is -2.53. The minimum atomic E-state index is -2.11. The number of carbonyl (C=O) groups is 1. The zero-order chi connectivity index (χ0) is 28.3. The number of carbonyl (C=O) groups excluding carboxylic acids is 1. The summed E-state index contributed by atoms with van der Waals surface area (Å²) in [6, 6.07) is 13.8. The standard InChI is InChI=1S/C29H43ClO6Si2/c1-10-33-24-14-11-21(12-15-24)17-22-18-23(13-16-25(22)30)29(32-3)28(36-38(7,8)9)27(35-37(4,5)6)20(2)26(19-31)34-29/h11-16,18-20,26-28H,10,17H2,1-9H3/t20-,26-,27+,28-,29?/m1/s1. The Morgan fingerprint density at radius 3 is 2.16 bits per heavy atom. The van der Waals surface area contributed by atoms with E-state index in [2.05, 4.69) is 39.3 Å². The molecule has 0 bridgehead atoms. The topological polar surface area (TPSA) is 63.2 Å². The van der Waals surface area contributed by atoms with Gasteiger partial charge in [-0.15, -0.1) is 0 Å². The largest absolute Gasteiger partial charge is 0.494 e. The second-order valence-electron chi connectivity index (χ2n) is 11.9. The molecule has 1 aliphatic rings. The Balaban J connectivity index is 2.11. The van der Waals surface area contributed by atoms with Crippen LogP contribution in [0.15, 0.2) is 42.5 Å². The van der Waals surface area contributed by atoms with Crippen LogP contribution in [-0.4, -0.2) is 54.9 Å². The normalized spacial score (nSPS) is 26.3. The molecule has 1 saturated heterocycles. The molecule has 2 aromatic carbocycles. The molecule has 0 radical (unpaired) electrons. The molecule has 2 aromatic rings. The van der Waals surface area contributed by atoms with Crippen LogP contribution in [0.2, 0.25) is 44.3 Å². The first-order chi connectivity index (χ1) is 17.7. The molecule has 38 heavy (non-hydrogen) atoms. The van der Waals surface area contributed by atoms with Gasteiger partial charge in [-0.05, 0) is 88.0 Å². The van der Waals surface area contributed by atoms with E-state index < -0.39 is 34.6 Å². The Hall–Kier alpha value is -1.53. The highest BCUT2D eigenvalue weighted by atomic mass is 35.5. The zero-order valence-electron chi connectivity index (χ0n) is 24.2. The molecule has 0 aromatic heterocycles. The number of halogens is 1. The number of benzene rings is 2. The van der Waals surface area contributed by atoms with Gasteiger partial charge >= 0.3 is 0 Å². The first-order valence-corrected chi connectivity index (χ1v) is 20.5. The van der Waals surface area contributed by atoms with E-state index in [1.165, 1.54) is 0 Å². The molecular weight excluding hydrogens is 536 g/mol. The van der Waals surface area contributed by atoms with Crippen LogP contribution in [0, 0.1) is 5.92 Å². The van der Waals surface area contributed by atoms with E-state index in [1.54, 1.807) is 7.11 Å². The number of methoxy groups -OCH3 is 1. The molecule has 0 amide bonds. The summed E-state index contributed by atoms with van der Waals surface area (Å²) in [6.07, 6.45) is -0.219. The van der Waals surface area contributed by atoms with Crippen LogP contribution in [0.5, 0.6) is 5.75 Å². The van der Waals surface area contributed by atoms with Crippen LogP contribution >= 0.6 is 11.6 Å². The van der Waals surface area contributed by atoms with Gasteiger partial charge in [0.05, 0.1) is 12.7 Å². The van der Waals surface area contributed by atoms with Crippen molar-refractivity contribution in [2.75, 3.05) is 13.7 Å². The summed E-state index contributed by atoms with van der Waals surface area (Å²) in [5.41, 5.74) is 2.76. The minimum Gasteiger partial charge on any atom is -0.494 e. The van der Waals surface area contributed by atoms with Gasteiger partial charge in [0.25, 0.3) is 0 Å². The highest BCUT2D eigenvalue weighted by molar-refractivity contribution is 6.70. The molecule has 1 unspecified atom stereocenters. The Bertz CT molecular complexity index is 1080. The highest BCUT2D eigenvalue weighted by Gasteiger charge is 2.58. The average molecular weight is 579 g/mol. The number of hydrogen-bond donors (Lipinski definition) is 0. The fraction of sp³-hybridized carbons (Fsp3) is 0.552. The average Bonchev–Trinajstić information content (AvgIpc) is 2.83. The lowest BCUT2D eigenvalue weighted by molar-refractivity contribution is -0.340. The zero-order valence-corrected chi connectivity index (χ0v) is 26.9. The molecule has 0 N–H and O–H groups in total. The van der Waals surface area contributed by atoms with Crippen molar-refractivity contribution in [1.29, 1.82) is 0 Å². The SMILES string of the molecule is CCOc1ccc(Cc2cc(C3(OC)O[C@H](C=O)[C@@H](C)[C@H](O[Si](C)(C)C)[C@H]3O[Si](C)(C)C)ccc2Cl)cc1. The van der Waals surface area contributed by atoms with Crippen molar-refractivity contribution in [3.05, 3.63) is 64.2 Å². The fourth-order valence-electron chi connectivity index (χ4n) is 4.84. The van der Waals surface area contributed by atoms with E-state index in [-0.39, 0.29) is 12.0 Å². The monoisotopic (exact) mass is 578 g/mol. The van der Waals surface area contributed by atoms with Crippen molar-refractivity contribution in [2.45, 2.75) is 83.6 Å². The molecule has 6 nitrogen and oxygen atoms in total. The number of hydrogen-bond acceptors (Lipinski definition) is 6. The fourth-order valence-corrected chi connectivity index (χ4v) is 7.23. The van der Waals surface area contributed by atoms with Gasteiger partial charge in [-0.25, -0.2) is 0 Å². The molecule has 0 saturated carbocycles. The Kier molecular flexibility index (Phi) is 10.1. The van der Waals surface area contributed by atoms with Crippen molar-refractivity contribution < 1.29 is 27.9 Å². The predicted molar refractivity (Wildman–Crippen MR) is 157 cm³/mol. The first kappa shape index (κ1) is 31.0. The maximum absolute atomic E-state index is 12.3. The third kappa shape index (κ3) is 7.35. The number of ether oxygens (including phenoxy) is 3. The van der Waals surface area contributed by atoms with Crippen molar-refractivity contribution in [3.8, 4) is 5.75 Å². The maximum Gasteiger partial charge on any atom is 0.223 e. The maximum atomic E-state index is 12.3. The summed E-state index contributed by atoms with van der Waals surface area (Å²) >= 11 is 6.69. The quantitative estimate of drug-likeness (QED) is 0.216. The van der Waals surface area contributed by atoms with Crippen LogP contribution < -0.4 is 4.74 Å². The van der Waals surface area contributed by atoms with Gasteiger partial charge in [0.15, 0.2) is 16.6 Å². The third-order valence-corrected chi connectivity index (χ3v) is 8.81. The summed E-state index contributed by atoms with van der Waals surface area (Å²) in [7, 11) is -2.54. The van der Waals surface area contributed by atoms with Gasteiger partial charge in [0.2, 0.25) is 5.79 Å². The lowest BCUT2D eigenvalue weighted by atomic mass is 9.83. The van der Waals surface area contributed by atoms with Crippen LogP contribution in [0.25, 0.3) is 0 Å². The van der Waals surface area contributed by atoms with Gasteiger partial charge in [-0.3, -0.25) is 0 Å². The Morgan fingerprint density at radius 2 is 1.63 bits per heavy atom. The van der Waals surface area contributed by atoms with Crippen molar-refractivity contribution in [1.82, 2.24) is 0 Å². The van der Waals surface area contributed by atoms with Crippen LogP contribution in [0.4, 0.5) is 0 Å². The van der Waals surface area contributed by atoms with E-state index >= 15 is 0 Å². The van der Waals surface area contributed by atoms with Gasteiger partial charge in [0, 0.05) is 23.6 Å². The summed E-state index contributed by atoms with van der Waals surface area (Å²) in [4.78, 5) is 12.3. The molecule has 3 rings (SSSR count). The van der Waals surface area contributed by atoms with E-state index in [4.69, 9.17) is 34.7 Å². The van der Waals surface area contributed by atoms with E-state index in [9.17, 15) is 4.79 Å². The summed E-state index contributed by atoms with van der Waals surface area (Å²) in [5.74, 6) is -0.723. The van der Waals surface area contributed by atoms with Gasteiger partial charge in [-0.1, -0.05) is 36.7 Å². The molecule has 0 spiro atoms. The number of aldehydes is 1. The van der Waals surface area contributed by atoms with E-state index in [0.717, 1.165) is 28.7 Å². The summed E-state index contributed by atoms with van der Waals surface area (Å²) in [6.45, 7) is 17.4. The molecular formula is C29H43ClO6Si2. The molecule has 1 fully saturated rings. The molecule has 1 aliphatic heterocycles. The minimum absolute atomic E-state index is 0.209. The summed E-state index contributed by atoms with van der Waals surface area (Å²) < 4.78 is 31.9. The third-order valence-electron chi connectivity index (χ3n) is 6.51. The van der Waals surface area contributed by atoms with Crippen molar-refractivity contribution in [3.63, 3.8) is 0 Å². The predicted octanol–water partition coefficient (Wildman–Crippen LogP) is 6.80. The van der Waals surface area contributed by atoms with Crippen molar-refractivity contribution in [2.24, 2.45) is 5.92 Å². The Morgan fingerprint density at radius 1 is 1.00 bits per heavy atom. The molecule has 5 atom stereocenters. The van der Waals surface area contributed by atoms with E-state index in [1.807, 2.05) is 56.3 Å². The molecule has 1 heterocycles. The first-order valence-electron chi connectivity index (χ1n) is 13.3. The van der Waals surface area contributed by atoms with Crippen LogP contribution in [0.1, 0.15) is 30.5 Å². The van der Waals surface area contributed by atoms with Crippen LogP contribution in [-0.2, 0) is 35.3 Å². The molecule has 210 valence electrons. The van der Waals surface area contributed by atoms with Gasteiger partial charge in [-0.2, -0.15) is 0 Å². The van der Waals surface area contributed by atoms with Gasteiger partial charge in [0.1, 0.15) is 24.2 Å². The number of rotatable bonds is 11. The second kappa shape index (κ2) is 12.3. The Labute approximate surface area is 235 Å². The summed E-state index contributed by atoms with van der Waals surface area (Å²) in [5, 5.41) is 0.641. The van der Waals surface area contributed by atoms with E-state index in [0.29, 0.717) is 18.1 Å². The lowest BCUT2D eigenvalue weighted by Crippen LogP contribution is -2.65. The highest BCUT2D eigenvalue weighted by Crippen LogP contribution is 2.46. The smallest absolute Gasteiger partial charge is 0.223 e. The van der Waals surface area contributed by atoms with Gasteiger partial charge < -0.3 is 27.9 Å². The molecule has 9 heteroatoms. The van der Waals surface area contributed by atoms with Crippen molar-refractivity contribution >= 4 is 34.5 Å². The molecule has 0 aliphatic carbocycles. The second-order valence-corrected chi connectivity index (χ2v) is 21.2.